The minimum absolute atomic E-state index is 0.307. The van der Waals surface area contributed by atoms with Crippen LogP contribution in [-0.4, -0.2) is 32.3 Å². The van der Waals surface area contributed by atoms with Crippen molar-refractivity contribution < 1.29 is 19.1 Å². The normalized spacial score (nSPS) is 11.2. The Kier molecular flexibility index (Phi) is 5.34. The van der Waals surface area contributed by atoms with E-state index < -0.39 is 18.1 Å². The molecule has 0 saturated carbocycles. The molecule has 74 valence electrons. The number of hydrogen-bond donors (Lipinski definition) is 1. The Bertz CT molecular complexity index is 202. The number of nitrogens with one attached hydrogen (secondary N) is 1. The molecule has 0 bridgehead atoms. The fourth-order valence-corrected chi connectivity index (χ4v) is 0.724. The van der Waals surface area contributed by atoms with E-state index in [1.807, 2.05) is 0 Å². The van der Waals surface area contributed by atoms with Crippen LogP contribution in [0.15, 0.2) is 12.7 Å². The molecule has 1 amide bonds. The van der Waals surface area contributed by atoms with Crippen molar-refractivity contribution in [3.05, 3.63) is 12.7 Å². The standard InChI is InChI=1S/C8H13NO4/c1-4-5-6(7(10)12-2)9-8(11)13-3/h4,6H,1,5H2,2-3H3,(H,9,11)/t6-/m1/s1. The van der Waals surface area contributed by atoms with Crippen LogP contribution in [0.25, 0.3) is 0 Å². The third kappa shape index (κ3) is 4.15. The third-order valence-corrected chi connectivity index (χ3v) is 1.37. The number of carbonyl (C=O) groups is 2. The molecule has 0 unspecified atom stereocenters. The molecule has 0 radical (unpaired) electrons. The van der Waals surface area contributed by atoms with Gasteiger partial charge in [0, 0.05) is 0 Å². The fourth-order valence-electron chi connectivity index (χ4n) is 0.724. The molecule has 0 aliphatic carbocycles. The first-order chi connectivity index (χ1) is 6.15. The second kappa shape index (κ2) is 6.05. The predicted octanol–water partition coefficient (Wildman–Crippen LogP) is 0.460. The first-order valence-corrected chi connectivity index (χ1v) is 3.69. The van der Waals surface area contributed by atoms with Crippen LogP contribution in [0.5, 0.6) is 0 Å². The number of alkyl carbamates (subject to hydrolysis) is 1. The maximum absolute atomic E-state index is 11.0. The molecular weight excluding hydrogens is 174 g/mol. The smallest absolute Gasteiger partial charge is 0.407 e. The SMILES string of the molecule is C=CC[C@@H](NC(=O)OC)C(=O)OC. The van der Waals surface area contributed by atoms with Crippen LogP contribution in [-0.2, 0) is 14.3 Å². The van der Waals surface area contributed by atoms with Crippen molar-refractivity contribution in [2.45, 2.75) is 12.5 Å². The lowest BCUT2D eigenvalue weighted by Crippen LogP contribution is -2.41. The number of ether oxygens (including phenoxy) is 2. The molecule has 0 heterocycles. The van der Waals surface area contributed by atoms with Crippen molar-refractivity contribution >= 4 is 12.1 Å². The highest BCUT2D eigenvalue weighted by molar-refractivity contribution is 5.81. The minimum Gasteiger partial charge on any atom is -0.467 e. The summed E-state index contributed by atoms with van der Waals surface area (Å²) in [6, 6.07) is -0.727. The summed E-state index contributed by atoms with van der Waals surface area (Å²) in [5, 5.41) is 2.31. The lowest BCUT2D eigenvalue weighted by molar-refractivity contribution is -0.142. The van der Waals surface area contributed by atoms with Gasteiger partial charge >= 0.3 is 12.1 Å². The molecular formula is C8H13NO4. The minimum atomic E-state index is -0.727. The van der Waals surface area contributed by atoms with Crippen molar-refractivity contribution in [1.29, 1.82) is 0 Å². The van der Waals surface area contributed by atoms with Gasteiger partial charge in [-0.05, 0) is 6.42 Å². The summed E-state index contributed by atoms with van der Waals surface area (Å²) in [7, 11) is 2.47. The van der Waals surface area contributed by atoms with E-state index in [1.54, 1.807) is 0 Å². The van der Waals surface area contributed by atoms with Crippen molar-refractivity contribution in [3.63, 3.8) is 0 Å². The van der Waals surface area contributed by atoms with Gasteiger partial charge in [0.15, 0.2) is 0 Å². The zero-order valence-electron chi connectivity index (χ0n) is 7.70. The molecule has 1 atom stereocenters. The van der Waals surface area contributed by atoms with Gasteiger partial charge in [0.25, 0.3) is 0 Å². The molecule has 0 aromatic rings. The number of rotatable bonds is 4. The number of amides is 1. The van der Waals surface area contributed by atoms with E-state index in [2.05, 4.69) is 21.4 Å². The second-order valence-corrected chi connectivity index (χ2v) is 2.24. The van der Waals surface area contributed by atoms with E-state index in [0.717, 1.165) is 0 Å². The van der Waals surface area contributed by atoms with E-state index in [4.69, 9.17) is 0 Å². The summed E-state index contributed by atoms with van der Waals surface area (Å²) in [4.78, 5) is 21.8. The van der Waals surface area contributed by atoms with Crippen molar-refractivity contribution in [2.75, 3.05) is 14.2 Å². The average Bonchev–Trinajstić information content (AvgIpc) is 2.15. The molecule has 0 saturated heterocycles. The van der Waals surface area contributed by atoms with Gasteiger partial charge in [0.2, 0.25) is 0 Å². The van der Waals surface area contributed by atoms with Gasteiger partial charge in [0.1, 0.15) is 6.04 Å². The number of carbonyl (C=O) groups excluding carboxylic acids is 2. The summed E-state index contributed by atoms with van der Waals surface area (Å²) in [6.45, 7) is 3.45. The lowest BCUT2D eigenvalue weighted by Gasteiger charge is -2.13. The van der Waals surface area contributed by atoms with Crippen LogP contribution in [0.3, 0.4) is 0 Å². The summed E-state index contributed by atoms with van der Waals surface area (Å²) in [6.07, 6.45) is 1.15. The van der Waals surface area contributed by atoms with E-state index in [9.17, 15) is 9.59 Å². The summed E-state index contributed by atoms with van der Waals surface area (Å²) in [5.74, 6) is -0.523. The Labute approximate surface area is 76.7 Å². The average molecular weight is 187 g/mol. The topological polar surface area (TPSA) is 64.6 Å². The number of methoxy groups -OCH3 is 2. The van der Waals surface area contributed by atoms with E-state index >= 15 is 0 Å². The number of hydrogen-bond acceptors (Lipinski definition) is 4. The molecule has 5 nitrogen and oxygen atoms in total. The Morgan fingerprint density at radius 3 is 2.46 bits per heavy atom. The van der Waals surface area contributed by atoms with Gasteiger partial charge in [-0.1, -0.05) is 6.08 Å². The number of esters is 1. The highest BCUT2D eigenvalue weighted by atomic mass is 16.5. The first kappa shape index (κ1) is 11.5. The molecule has 13 heavy (non-hydrogen) atoms. The second-order valence-electron chi connectivity index (χ2n) is 2.24. The molecule has 0 aliphatic rings. The quantitative estimate of drug-likeness (QED) is 0.513. The van der Waals surface area contributed by atoms with Gasteiger partial charge in [-0.2, -0.15) is 0 Å². The van der Waals surface area contributed by atoms with Gasteiger partial charge in [-0.25, -0.2) is 9.59 Å². The summed E-state index contributed by atoms with van der Waals surface area (Å²) >= 11 is 0. The van der Waals surface area contributed by atoms with Crippen LogP contribution in [0.4, 0.5) is 4.79 Å². The molecule has 0 aromatic carbocycles. The highest BCUT2D eigenvalue weighted by Crippen LogP contribution is 1.96. The Morgan fingerprint density at radius 1 is 1.46 bits per heavy atom. The third-order valence-electron chi connectivity index (χ3n) is 1.37. The van der Waals surface area contributed by atoms with E-state index in [0.29, 0.717) is 6.42 Å². The molecule has 0 rings (SSSR count). The van der Waals surface area contributed by atoms with Crippen molar-refractivity contribution in [1.82, 2.24) is 5.32 Å². The van der Waals surface area contributed by atoms with Gasteiger partial charge in [0.05, 0.1) is 14.2 Å². The van der Waals surface area contributed by atoms with E-state index in [1.165, 1.54) is 20.3 Å². The highest BCUT2D eigenvalue weighted by Gasteiger charge is 2.19. The van der Waals surface area contributed by atoms with Crippen LogP contribution in [0, 0.1) is 0 Å². The predicted molar refractivity (Wildman–Crippen MR) is 46.2 cm³/mol. The largest absolute Gasteiger partial charge is 0.467 e. The molecule has 0 fully saturated rings. The fraction of sp³-hybridized carbons (Fsp3) is 0.500. The van der Waals surface area contributed by atoms with Crippen molar-refractivity contribution in [3.8, 4) is 0 Å². The van der Waals surface area contributed by atoms with Crippen LogP contribution >= 0.6 is 0 Å². The Morgan fingerprint density at radius 2 is 2.08 bits per heavy atom. The summed E-state index contributed by atoms with van der Waals surface area (Å²) < 4.78 is 8.78. The van der Waals surface area contributed by atoms with Gasteiger partial charge in [-0.15, -0.1) is 6.58 Å². The Balaban J connectivity index is 4.16. The van der Waals surface area contributed by atoms with Crippen LogP contribution < -0.4 is 5.32 Å². The van der Waals surface area contributed by atoms with E-state index in [-0.39, 0.29) is 0 Å². The maximum Gasteiger partial charge on any atom is 0.407 e. The monoisotopic (exact) mass is 187 g/mol. The maximum atomic E-state index is 11.0. The molecule has 0 aliphatic heterocycles. The molecule has 5 heteroatoms. The first-order valence-electron chi connectivity index (χ1n) is 3.69. The van der Waals surface area contributed by atoms with Crippen molar-refractivity contribution in [2.24, 2.45) is 0 Å². The molecule has 1 N–H and O–H groups in total. The van der Waals surface area contributed by atoms with Gasteiger partial charge in [-0.3, -0.25) is 0 Å². The Hall–Kier alpha value is -1.52. The molecule has 0 spiro atoms. The zero-order chi connectivity index (χ0) is 10.3. The zero-order valence-corrected chi connectivity index (χ0v) is 7.70. The summed E-state index contributed by atoms with van der Waals surface area (Å²) in [5.41, 5.74) is 0. The lowest BCUT2D eigenvalue weighted by atomic mass is 10.2. The molecule has 0 aromatic heterocycles. The van der Waals surface area contributed by atoms with Gasteiger partial charge < -0.3 is 14.8 Å². The van der Waals surface area contributed by atoms with Crippen LogP contribution in [0.2, 0.25) is 0 Å². The van der Waals surface area contributed by atoms with Crippen LogP contribution in [0.1, 0.15) is 6.42 Å².